The van der Waals surface area contributed by atoms with Gasteiger partial charge in [0.05, 0.1) is 18.6 Å². The predicted octanol–water partition coefficient (Wildman–Crippen LogP) is 13.5. The normalized spacial score (nSPS) is 20.1. The molecule has 1 aliphatic carbocycles. The molecule has 1 unspecified atom stereocenters. The Hall–Kier alpha value is -1.69. The van der Waals surface area contributed by atoms with Crippen LogP contribution >= 0.6 is 0 Å². The van der Waals surface area contributed by atoms with Crippen LogP contribution in [0.1, 0.15) is 200 Å². The molecule has 1 saturated carbocycles. The van der Waals surface area contributed by atoms with Crippen LogP contribution in [0.5, 0.6) is 0 Å². The maximum Gasteiger partial charge on any atom is 0.307 e. The number of unbranched alkanes of at least 4 members (excludes halogenated alkanes) is 18. The van der Waals surface area contributed by atoms with Crippen molar-refractivity contribution < 1.29 is 19.0 Å². The molecule has 2 rings (SSSR count). The molecule has 1 aliphatic heterocycles. The van der Waals surface area contributed by atoms with Gasteiger partial charge in [0.15, 0.2) is 5.79 Å². The third-order valence-electron chi connectivity index (χ3n) is 10.7. The Bertz CT molecular complexity index is 904. The van der Waals surface area contributed by atoms with E-state index in [-0.39, 0.29) is 24.3 Å². The summed E-state index contributed by atoms with van der Waals surface area (Å²) in [4.78, 5) is 14.4. The van der Waals surface area contributed by atoms with E-state index in [9.17, 15) is 4.79 Å². The summed E-state index contributed by atoms with van der Waals surface area (Å²) < 4.78 is 19.4. The topological polar surface area (TPSA) is 48.0 Å². The largest absolute Gasteiger partial charge is 0.462 e. The lowest BCUT2D eigenvalue weighted by molar-refractivity contribution is -0.196. The zero-order chi connectivity index (χ0) is 37.4. The quantitative estimate of drug-likeness (QED) is 0.0375. The molecule has 2 aliphatic rings. The van der Waals surface area contributed by atoms with Crippen LogP contribution in [-0.2, 0) is 19.0 Å². The van der Waals surface area contributed by atoms with Crippen molar-refractivity contribution in [1.82, 2.24) is 4.90 Å². The molecule has 3 atom stereocenters. The van der Waals surface area contributed by atoms with E-state index in [4.69, 9.17) is 14.2 Å². The molecular formula is C47H83NO4. The van der Waals surface area contributed by atoms with Gasteiger partial charge >= 0.3 is 5.97 Å². The van der Waals surface area contributed by atoms with Crippen molar-refractivity contribution in [1.29, 1.82) is 0 Å². The molecule has 0 N–H and O–H groups in total. The molecule has 2 fully saturated rings. The first-order chi connectivity index (χ1) is 25.5. The van der Waals surface area contributed by atoms with Gasteiger partial charge in [-0.15, -0.1) is 0 Å². The molecular weight excluding hydrogens is 643 g/mol. The zero-order valence-corrected chi connectivity index (χ0v) is 34.6. The predicted molar refractivity (Wildman–Crippen MR) is 223 cm³/mol. The lowest BCUT2D eigenvalue weighted by Gasteiger charge is -2.30. The smallest absolute Gasteiger partial charge is 0.307 e. The van der Waals surface area contributed by atoms with E-state index >= 15 is 0 Å². The highest BCUT2D eigenvalue weighted by Gasteiger charge is 2.52. The number of allylic oxidation sites excluding steroid dienone is 8. The second-order valence-corrected chi connectivity index (χ2v) is 16.0. The molecule has 1 saturated heterocycles. The highest BCUT2D eigenvalue weighted by Crippen LogP contribution is 2.44. The molecule has 52 heavy (non-hydrogen) atoms. The van der Waals surface area contributed by atoms with Gasteiger partial charge in [0, 0.05) is 32.2 Å². The van der Waals surface area contributed by atoms with Crippen molar-refractivity contribution in [3.05, 3.63) is 48.6 Å². The van der Waals surface area contributed by atoms with Gasteiger partial charge in [-0.3, -0.25) is 4.79 Å². The van der Waals surface area contributed by atoms with Gasteiger partial charge in [0.25, 0.3) is 0 Å². The molecule has 0 spiro atoms. The Morgan fingerprint density at radius 2 is 0.962 bits per heavy atom. The molecule has 0 aromatic carbocycles. The summed E-state index contributed by atoms with van der Waals surface area (Å²) in [5.74, 6) is -0.549. The molecule has 0 aromatic rings. The molecule has 1 heterocycles. The molecule has 300 valence electrons. The third-order valence-corrected chi connectivity index (χ3v) is 10.7. The first kappa shape index (κ1) is 46.5. The summed E-state index contributed by atoms with van der Waals surface area (Å²) in [6.07, 6.45) is 53.0. The van der Waals surface area contributed by atoms with Gasteiger partial charge in [-0.2, -0.15) is 0 Å². The summed E-state index contributed by atoms with van der Waals surface area (Å²) in [5, 5.41) is 0. The van der Waals surface area contributed by atoms with Gasteiger partial charge in [-0.1, -0.05) is 140 Å². The Labute approximate surface area is 322 Å². The summed E-state index contributed by atoms with van der Waals surface area (Å²) >= 11 is 0. The van der Waals surface area contributed by atoms with Crippen LogP contribution in [0, 0.1) is 0 Å². The number of ether oxygens (including phenoxy) is 3. The van der Waals surface area contributed by atoms with Crippen LogP contribution in [0.25, 0.3) is 0 Å². The van der Waals surface area contributed by atoms with Gasteiger partial charge in [-0.25, -0.2) is 0 Å². The van der Waals surface area contributed by atoms with Crippen molar-refractivity contribution in [2.45, 2.75) is 224 Å². The van der Waals surface area contributed by atoms with E-state index in [1.807, 2.05) is 19.0 Å². The highest BCUT2D eigenvalue weighted by atomic mass is 16.8. The fourth-order valence-electron chi connectivity index (χ4n) is 7.53. The Morgan fingerprint density at radius 1 is 0.577 bits per heavy atom. The summed E-state index contributed by atoms with van der Waals surface area (Å²) in [6, 6.07) is 0. The summed E-state index contributed by atoms with van der Waals surface area (Å²) in [7, 11) is 3.97. The molecule has 0 bridgehead atoms. The van der Waals surface area contributed by atoms with E-state index < -0.39 is 5.79 Å². The number of hydrogen-bond donors (Lipinski definition) is 0. The zero-order valence-electron chi connectivity index (χ0n) is 34.6. The molecule has 0 radical (unpaired) electrons. The maximum atomic E-state index is 12.4. The van der Waals surface area contributed by atoms with Crippen LogP contribution < -0.4 is 0 Å². The lowest BCUT2D eigenvalue weighted by atomic mass is 9.98. The van der Waals surface area contributed by atoms with Crippen molar-refractivity contribution in [2.24, 2.45) is 0 Å². The van der Waals surface area contributed by atoms with Crippen molar-refractivity contribution in [3.8, 4) is 0 Å². The molecule has 5 nitrogen and oxygen atoms in total. The van der Waals surface area contributed by atoms with Crippen molar-refractivity contribution >= 4 is 5.97 Å². The number of esters is 1. The van der Waals surface area contributed by atoms with Gasteiger partial charge in [-0.05, 0) is 91.1 Å². The second kappa shape index (κ2) is 31.6. The molecule has 5 heteroatoms. The van der Waals surface area contributed by atoms with E-state index in [1.54, 1.807) is 0 Å². The van der Waals surface area contributed by atoms with Crippen molar-refractivity contribution in [2.75, 3.05) is 20.6 Å². The number of carbonyl (C=O) groups is 1. The van der Waals surface area contributed by atoms with Gasteiger partial charge < -0.3 is 19.1 Å². The number of carbonyl (C=O) groups excluding carboxylic acids is 1. The monoisotopic (exact) mass is 726 g/mol. The van der Waals surface area contributed by atoms with E-state index in [0.29, 0.717) is 6.42 Å². The van der Waals surface area contributed by atoms with E-state index in [2.05, 4.69) is 62.5 Å². The van der Waals surface area contributed by atoms with Crippen LogP contribution in [0.15, 0.2) is 48.6 Å². The summed E-state index contributed by atoms with van der Waals surface area (Å²) in [5.41, 5.74) is 0. The number of nitrogens with zero attached hydrogens (tertiary/aromatic N) is 1. The Balaban J connectivity index is 1.64. The Morgan fingerprint density at radius 3 is 1.37 bits per heavy atom. The SMILES string of the molecule is CCCCC/C=C\C/C=C\CCCCCCCCC1(CCCCCCCC/C=C\C/C=C\CCCCC)O[C@H]2CC(OC(=O)CCN(C)C)C[C@H]2O1. The van der Waals surface area contributed by atoms with E-state index in [1.165, 1.54) is 128 Å². The average molecular weight is 726 g/mol. The number of hydrogen-bond acceptors (Lipinski definition) is 5. The van der Waals surface area contributed by atoms with E-state index in [0.717, 1.165) is 57.9 Å². The molecule has 0 aromatic heterocycles. The summed E-state index contributed by atoms with van der Waals surface area (Å²) in [6.45, 7) is 5.24. The van der Waals surface area contributed by atoms with Gasteiger partial charge in [0.2, 0.25) is 0 Å². The first-order valence-corrected chi connectivity index (χ1v) is 22.3. The Kier molecular flexibility index (Phi) is 28.3. The highest BCUT2D eigenvalue weighted by molar-refractivity contribution is 5.69. The van der Waals surface area contributed by atoms with Crippen LogP contribution in [0.4, 0.5) is 0 Å². The molecule has 0 amide bonds. The lowest BCUT2D eigenvalue weighted by Crippen LogP contribution is -2.33. The number of rotatable bonds is 34. The van der Waals surface area contributed by atoms with Gasteiger partial charge in [0.1, 0.15) is 6.10 Å². The first-order valence-electron chi connectivity index (χ1n) is 22.3. The minimum Gasteiger partial charge on any atom is -0.462 e. The minimum atomic E-state index is -0.445. The third kappa shape index (κ3) is 23.9. The maximum absolute atomic E-state index is 12.4. The number of fused-ring (bicyclic) bond motifs is 1. The van der Waals surface area contributed by atoms with Crippen molar-refractivity contribution in [3.63, 3.8) is 0 Å². The van der Waals surface area contributed by atoms with Crippen LogP contribution in [0.2, 0.25) is 0 Å². The fourth-order valence-corrected chi connectivity index (χ4v) is 7.53. The standard InChI is InChI=1S/C47H83NO4/c1-5-7-9-11-13-15-17-19-21-23-25-27-29-31-33-35-38-47(51-44-41-43(42-45(44)52-47)50-46(49)37-40-48(3)4)39-36-34-32-30-28-26-24-22-20-18-16-14-12-10-8-6-2/h13-16,19-22,43-45H,5-12,17-18,23-42H2,1-4H3/b15-13-,16-14-,21-19-,22-20-/t43?,44-,45+. The van der Waals surface area contributed by atoms with Crippen LogP contribution in [-0.4, -0.2) is 55.6 Å². The fraction of sp³-hybridized carbons (Fsp3) is 0.809. The second-order valence-electron chi connectivity index (χ2n) is 16.0. The van der Waals surface area contributed by atoms with Crippen LogP contribution in [0.3, 0.4) is 0 Å². The minimum absolute atomic E-state index is 0.0563. The average Bonchev–Trinajstić information content (AvgIpc) is 3.65.